The topological polar surface area (TPSA) is 66.4 Å². The predicted molar refractivity (Wildman–Crippen MR) is 98.2 cm³/mol. The molecule has 0 saturated heterocycles. The van der Waals surface area contributed by atoms with Gasteiger partial charge in [-0.05, 0) is 30.0 Å². The van der Waals surface area contributed by atoms with E-state index in [1.54, 1.807) is 0 Å². The van der Waals surface area contributed by atoms with Gasteiger partial charge in [0, 0.05) is 5.75 Å². The van der Waals surface area contributed by atoms with E-state index in [0.717, 1.165) is 16.7 Å². The van der Waals surface area contributed by atoms with Crippen molar-refractivity contribution in [3.8, 4) is 11.1 Å². The van der Waals surface area contributed by atoms with Crippen molar-refractivity contribution in [2.45, 2.75) is 19.4 Å². The van der Waals surface area contributed by atoms with Gasteiger partial charge in [0.15, 0.2) is 0 Å². The van der Waals surface area contributed by atoms with Gasteiger partial charge in [0.1, 0.15) is 6.04 Å². The smallest absolute Gasteiger partial charge is 0.325 e. The van der Waals surface area contributed by atoms with E-state index in [1.165, 1.54) is 6.92 Å². The Morgan fingerprint density at radius 1 is 1.04 bits per heavy atom. The quantitative estimate of drug-likeness (QED) is 0.677. The highest BCUT2D eigenvalue weighted by Crippen LogP contribution is 2.20. The molecule has 0 radical (unpaired) electrons. The number of rotatable bonds is 7. The summed E-state index contributed by atoms with van der Waals surface area (Å²) >= 11 is 4.23. The summed E-state index contributed by atoms with van der Waals surface area (Å²) in [5.74, 6) is -1.34. The number of aliphatic carboxylic acids is 1. The number of carbonyl (C=O) groups excluding carboxylic acids is 1. The first-order valence-electron chi connectivity index (χ1n) is 7.79. The standard InChI is InChI=1S/C19H21NO3S/c1-13(19(22)23)20-18(21)17(12-24)11-14-7-9-16(10-8-14)15-5-3-2-4-6-15/h2-10,13,17,24H,11-12H2,1H3,(H,20,21)(H,22,23). The van der Waals surface area contributed by atoms with Gasteiger partial charge < -0.3 is 10.4 Å². The molecule has 1 amide bonds. The summed E-state index contributed by atoms with van der Waals surface area (Å²) in [6, 6.07) is 17.2. The van der Waals surface area contributed by atoms with Crippen molar-refractivity contribution < 1.29 is 14.7 Å². The fraction of sp³-hybridized carbons (Fsp3) is 0.263. The van der Waals surface area contributed by atoms with E-state index in [4.69, 9.17) is 5.11 Å². The molecule has 0 aliphatic carbocycles. The molecule has 5 heteroatoms. The molecule has 2 atom stereocenters. The molecule has 2 rings (SSSR count). The average Bonchev–Trinajstić information content (AvgIpc) is 2.60. The fourth-order valence-corrected chi connectivity index (χ4v) is 2.68. The van der Waals surface area contributed by atoms with Crippen molar-refractivity contribution in [2.75, 3.05) is 5.75 Å². The highest BCUT2D eigenvalue weighted by Gasteiger charge is 2.21. The van der Waals surface area contributed by atoms with Gasteiger partial charge in [0.25, 0.3) is 0 Å². The Bertz CT molecular complexity index is 686. The molecular formula is C19H21NO3S. The molecule has 2 aromatic rings. The van der Waals surface area contributed by atoms with E-state index in [0.29, 0.717) is 12.2 Å². The van der Waals surface area contributed by atoms with Gasteiger partial charge in [0.2, 0.25) is 5.91 Å². The molecule has 24 heavy (non-hydrogen) atoms. The lowest BCUT2D eigenvalue weighted by Gasteiger charge is -2.17. The van der Waals surface area contributed by atoms with Crippen LogP contribution in [-0.4, -0.2) is 28.8 Å². The van der Waals surface area contributed by atoms with Crippen LogP contribution in [0.4, 0.5) is 0 Å². The lowest BCUT2D eigenvalue weighted by Crippen LogP contribution is -2.42. The number of nitrogens with one attached hydrogen (secondary N) is 1. The third-order valence-electron chi connectivity index (χ3n) is 3.86. The largest absolute Gasteiger partial charge is 0.480 e. The molecule has 2 unspecified atom stereocenters. The third kappa shape index (κ3) is 4.86. The maximum atomic E-state index is 12.2. The molecule has 0 aromatic heterocycles. The molecule has 126 valence electrons. The zero-order valence-corrected chi connectivity index (χ0v) is 14.4. The zero-order valence-electron chi connectivity index (χ0n) is 13.5. The zero-order chi connectivity index (χ0) is 17.5. The maximum Gasteiger partial charge on any atom is 0.325 e. The summed E-state index contributed by atoms with van der Waals surface area (Å²) < 4.78 is 0. The fourth-order valence-electron chi connectivity index (χ4n) is 2.38. The Morgan fingerprint density at radius 2 is 1.62 bits per heavy atom. The van der Waals surface area contributed by atoms with Crippen molar-refractivity contribution >= 4 is 24.5 Å². The minimum absolute atomic E-state index is 0.285. The molecule has 0 fully saturated rings. The molecule has 0 saturated carbocycles. The molecule has 2 aromatic carbocycles. The van der Waals surface area contributed by atoms with Gasteiger partial charge in [0.05, 0.1) is 5.92 Å². The molecule has 0 aliphatic rings. The van der Waals surface area contributed by atoms with E-state index in [-0.39, 0.29) is 11.8 Å². The Labute approximate surface area is 147 Å². The number of hydrogen-bond acceptors (Lipinski definition) is 3. The van der Waals surface area contributed by atoms with E-state index in [1.807, 2.05) is 54.6 Å². The summed E-state index contributed by atoms with van der Waals surface area (Å²) in [5.41, 5.74) is 3.28. The van der Waals surface area contributed by atoms with E-state index < -0.39 is 12.0 Å². The van der Waals surface area contributed by atoms with Gasteiger partial charge in [-0.3, -0.25) is 9.59 Å². The summed E-state index contributed by atoms with van der Waals surface area (Å²) in [6.45, 7) is 1.45. The van der Waals surface area contributed by atoms with Gasteiger partial charge in [-0.25, -0.2) is 0 Å². The lowest BCUT2D eigenvalue weighted by molar-refractivity contribution is -0.141. The third-order valence-corrected chi connectivity index (χ3v) is 4.30. The van der Waals surface area contributed by atoms with Crippen molar-refractivity contribution in [1.82, 2.24) is 5.32 Å². The molecule has 0 aliphatic heterocycles. The van der Waals surface area contributed by atoms with Crippen molar-refractivity contribution in [3.63, 3.8) is 0 Å². The average molecular weight is 343 g/mol. The second-order valence-electron chi connectivity index (χ2n) is 5.72. The lowest BCUT2D eigenvalue weighted by atomic mass is 9.97. The normalized spacial score (nSPS) is 13.1. The second-order valence-corrected chi connectivity index (χ2v) is 6.08. The Hall–Kier alpha value is -2.27. The van der Waals surface area contributed by atoms with Gasteiger partial charge in [-0.2, -0.15) is 12.6 Å². The Kier molecular flexibility index (Phi) is 6.44. The molecule has 0 heterocycles. The number of amides is 1. The monoisotopic (exact) mass is 343 g/mol. The minimum Gasteiger partial charge on any atom is -0.480 e. The van der Waals surface area contributed by atoms with Crippen LogP contribution in [0.15, 0.2) is 54.6 Å². The van der Waals surface area contributed by atoms with Crippen LogP contribution in [0.5, 0.6) is 0 Å². The molecule has 2 N–H and O–H groups in total. The van der Waals surface area contributed by atoms with Crippen molar-refractivity contribution in [3.05, 3.63) is 60.2 Å². The van der Waals surface area contributed by atoms with Crippen LogP contribution in [0, 0.1) is 5.92 Å². The number of carboxylic acid groups (broad SMARTS) is 1. The van der Waals surface area contributed by atoms with E-state index in [9.17, 15) is 9.59 Å². The Morgan fingerprint density at radius 3 is 2.17 bits per heavy atom. The van der Waals surface area contributed by atoms with Gasteiger partial charge in [-0.1, -0.05) is 54.6 Å². The van der Waals surface area contributed by atoms with Gasteiger partial charge >= 0.3 is 5.97 Å². The summed E-state index contributed by atoms with van der Waals surface area (Å²) in [7, 11) is 0. The summed E-state index contributed by atoms with van der Waals surface area (Å²) in [6.07, 6.45) is 0.525. The Balaban J connectivity index is 2.03. The summed E-state index contributed by atoms with van der Waals surface area (Å²) in [5, 5.41) is 11.4. The molecule has 4 nitrogen and oxygen atoms in total. The van der Waals surface area contributed by atoms with Crippen LogP contribution in [0.1, 0.15) is 12.5 Å². The molecule has 0 bridgehead atoms. The van der Waals surface area contributed by atoms with Crippen LogP contribution >= 0.6 is 12.6 Å². The van der Waals surface area contributed by atoms with Gasteiger partial charge in [-0.15, -0.1) is 0 Å². The SMILES string of the molecule is CC(NC(=O)C(CS)Cc1ccc(-c2ccccc2)cc1)C(=O)O. The van der Waals surface area contributed by atoms with Crippen molar-refractivity contribution in [1.29, 1.82) is 0 Å². The predicted octanol–water partition coefficient (Wildman–Crippen LogP) is 3.03. The van der Waals surface area contributed by atoms with Crippen LogP contribution in [0.25, 0.3) is 11.1 Å². The number of hydrogen-bond donors (Lipinski definition) is 3. The first-order valence-corrected chi connectivity index (χ1v) is 8.43. The highest BCUT2D eigenvalue weighted by atomic mass is 32.1. The number of carboxylic acids is 1. The van der Waals surface area contributed by atoms with Crippen molar-refractivity contribution in [2.24, 2.45) is 5.92 Å². The number of thiol groups is 1. The van der Waals surface area contributed by atoms with Crippen LogP contribution in [-0.2, 0) is 16.0 Å². The number of benzene rings is 2. The van der Waals surface area contributed by atoms with Crippen LogP contribution in [0.3, 0.4) is 0 Å². The highest BCUT2D eigenvalue weighted by molar-refractivity contribution is 7.80. The first-order chi connectivity index (χ1) is 11.5. The minimum atomic E-state index is -1.05. The van der Waals surface area contributed by atoms with E-state index in [2.05, 4.69) is 17.9 Å². The second kappa shape index (κ2) is 8.55. The maximum absolute atomic E-state index is 12.2. The molecule has 0 spiro atoms. The van der Waals surface area contributed by atoms with E-state index >= 15 is 0 Å². The van der Waals surface area contributed by atoms with Crippen LogP contribution in [0.2, 0.25) is 0 Å². The summed E-state index contributed by atoms with van der Waals surface area (Å²) in [4.78, 5) is 23.0. The first kappa shape index (κ1) is 18.1. The molecular weight excluding hydrogens is 322 g/mol. The van der Waals surface area contributed by atoms with Crippen LogP contribution < -0.4 is 5.32 Å². The number of carbonyl (C=O) groups is 2.